The molecule has 1 rings (SSSR count). The van der Waals surface area contributed by atoms with Gasteiger partial charge in [0.1, 0.15) is 0 Å². The first-order valence-corrected chi connectivity index (χ1v) is 7.72. The highest BCUT2D eigenvalue weighted by atomic mass is 16.1. The number of unbranched alkanes of at least 4 members (excludes halogenated alkanes) is 1. The number of benzene rings is 1. The second-order valence-corrected chi connectivity index (χ2v) is 6.72. The summed E-state index contributed by atoms with van der Waals surface area (Å²) in [4.78, 5) is 12.7. The van der Waals surface area contributed by atoms with Crippen molar-refractivity contribution in [2.75, 3.05) is 5.32 Å². The average Bonchev–Trinajstić information content (AvgIpc) is 2.41. The summed E-state index contributed by atoms with van der Waals surface area (Å²) < 4.78 is 0. The molecular formula is C18H29NO. The Hall–Kier alpha value is -1.31. The number of hydrogen-bond acceptors (Lipinski definition) is 2. The Kier molecular flexibility index (Phi) is 6.25. The van der Waals surface area contributed by atoms with E-state index in [1.54, 1.807) is 0 Å². The van der Waals surface area contributed by atoms with Gasteiger partial charge in [0.2, 0.25) is 0 Å². The molecule has 20 heavy (non-hydrogen) atoms. The van der Waals surface area contributed by atoms with E-state index in [1.165, 1.54) is 12.8 Å². The first-order valence-electron chi connectivity index (χ1n) is 7.72. The maximum absolute atomic E-state index is 12.7. The summed E-state index contributed by atoms with van der Waals surface area (Å²) in [6, 6.07) is 9.93. The number of hydrogen-bond donors (Lipinski definition) is 1. The van der Waals surface area contributed by atoms with Crippen LogP contribution < -0.4 is 5.32 Å². The monoisotopic (exact) mass is 275 g/mol. The molecule has 0 unspecified atom stereocenters. The maximum Gasteiger partial charge on any atom is 0.160 e. The zero-order valence-electron chi connectivity index (χ0n) is 13.6. The normalized spacial score (nSPS) is 14.7. The Bertz CT molecular complexity index is 405. The number of Topliss-reactive ketones (excluding diaryl/α,β-unsaturated/α-hetero) is 1. The molecule has 0 heterocycles. The summed E-state index contributed by atoms with van der Waals surface area (Å²) in [6.07, 6.45) is 3.43. The average molecular weight is 275 g/mol. The molecule has 1 aromatic carbocycles. The molecule has 0 bridgehead atoms. The highest BCUT2D eigenvalue weighted by molar-refractivity contribution is 5.91. The van der Waals surface area contributed by atoms with Crippen molar-refractivity contribution in [2.24, 2.45) is 11.3 Å². The van der Waals surface area contributed by atoms with Crippen molar-refractivity contribution in [3.63, 3.8) is 0 Å². The fourth-order valence-corrected chi connectivity index (χ4v) is 2.34. The number of rotatable bonds is 7. The van der Waals surface area contributed by atoms with Crippen molar-refractivity contribution >= 4 is 11.5 Å². The fourth-order valence-electron chi connectivity index (χ4n) is 2.34. The van der Waals surface area contributed by atoms with Crippen LogP contribution in [0.2, 0.25) is 0 Å². The molecule has 1 N–H and O–H groups in total. The topological polar surface area (TPSA) is 29.1 Å². The van der Waals surface area contributed by atoms with Crippen LogP contribution in [0.4, 0.5) is 5.69 Å². The van der Waals surface area contributed by atoms with Gasteiger partial charge in [0.05, 0.1) is 6.04 Å². The molecule has 1 aromatic rings. The SMILES string of the molecule is CCCC[C@H](C)[C@H](Nc1ccccc1)C(=O)C(C)(C)C. The smallest absolute Gasteiger partial charge is 0.160 e. The van der Waals surface area contributed by atoms with E-state index >= 15 is 0 Å². The summed E-state index contributed by atoms with van der Waals surface area (Å²) in [5, 5.41) is 3.44. The van der Waals surface area contributed by atoms with Crippen LogP contribution in [0.5, 0.6) is 0 Å². The van der Waals surface area contributed by atoms with Crippen molar-refractivity contribution in [3.05, 3.63) is 30.3 Å². The van der Waals surface area contributed by atoms with E-state index in [9.17, 15) is 4.79 Å². The number of anilines is 1. The highest BCUT2D eigenvalue weighted by Gasteiger charge is 2.32. The van der Waals surface area contributed by atoms with E-state index in [2.05, 4.69) is 19.2 Å². The second kappa shape index (κ2) is 7.47. The van der Waals surface area contributed by atoms with Gasteiger partial charge in [0.15, 0.2) is 5.78 Å². The lowest BCUT2D eigenvalue weighted by Crippen LogP contribution is -2.42. The van der Waals surface area contributed by atoms with Crippen LogP contribution in [0.15, 0.2) is 30.3 Å². The summed E-state index contributed by atoms with van der Waals surface area (Å²) in [7, 11) is 0. The molecule has 2 nitrogen and oxygen atoms in total. The van der Waals surface area contributed by atoms with Gasteiger partial charge < -0.3 is 5.32 Å². The van der Waals surface area contributed by atoms with Crippen molar-refractivity contribution in [2.45, 2.75) is 59.9 Å². The third-order valence-corrected chi connectivity index (χ3v) is 3.70. The molecule has 0 aliphatic carbocycles. The zero-order valence-corrected chi connectivity index (χ0v) is 13.6. The molecule has 2 atom stereocenters. The third-order valence-electron chi connectivity index (χ3n) is 3.70. The van der Waals surface area contributed by atoms with Crippen LogP contribution in [0.3, 0.4) is 0 Å². The Labute approximate surface area is 124 Å². The van der Waals surface area contributed by atoms with E-state index in [1.807, 2.05) is 51.1 Å². The first kappa shape index (κ1) is 16.7. The third kappa shape index (κ3) is 4.99. The van der Waals surface area contributed by atoms with Gasteiger partial charge in [-0.3, -0.25) is 4.79 Å². The largest absolute Gasteiger partial charge is 0.375 e. The molecule has 0 amide bonds. The molecule has 0 aliphatic rings. The van der Waals surface area contributed by atoms with Crippen LogP contribution in [0.1, 0.15) is 53.9 Å². The molecule has 0 aromatic heterocycles. The molecule has 0 spiro atoms. The van der Waals surface area contributed by atoms with E-state index in [0.29, 0.717) is 11.7 Å². The van der Waals surface area contributed by atoms with Crippen molar-refractivity contribution in [1.82, 2.24) is 0 Å². The van der Waals surface area contributed by atoms with Gasteiger partial charge in [-0.25, -0.2) is 0 Å². The minimum absolute atomic E-state index is 0.107. The predicted octanol–water partition coefficient (Wildman–Crippen LogP) is 4.91. The summed E-state index contributed by atoms with van der Waals surface area (Å²) in [5.74, 6) is 0.645. The first-order chi connectivity index (χ1) is 9.36. The van der Waals surface area contributed by atoms with Crippen LogP contribution in [0.25, 0.3) is 0 Å². The Morgan fingerprint density at radius 1 is 1.20 bits per heavy atom. The molecule has 0 saturated carbocycles. The van der Waals surface area contributed by atoms with Gasteiger partial charge in [-0.05, 0) is 24.5 Å². The molecule has 0 fully saturated rings. The Morgan fingerprint density at radius 3 is 2.30 bits per heavy atom. The van der Waals surface area contributed by atoms with E-state index < -0.39 is 0 Å². The van der Waals surface area contributed by atoms with Gasteiger partial charge in [0.25, 0.3) is 0 Å². The molecule has 112 valence electrons. The minimum atomic E-state index is -0.313. The molecule has 2 heteroatoms. The Balaban J connectivity index is 2.87. The minimum Gasteiger partial charge on any atom is -0.375 e. The van der Waals surface area contributed by atoms with E-state index in [0.717, 1.165) is 12.1 Å². The number of nitrogens with one attached hydrogen (secondary N) is 1. The summed E-state index contributed by atoms with van der Waals surface area (Å²) >= 11 is 0. The van der Waals surface area contributed by atoms with Gasteiger partial charge >= 0.3 is 0 Å². The zero-order chi connectivity index (χ0) is 15.2. The summed E-state index contributed by atoms with van der Waals surface area (Å²) in [5.41, 5.74) is 0.714. The molecular weight excluding hydrogens is 246 g/mol. The van der Waals surface area contributed by atoms with Gasteiger partial charge in [0, 0.05) is 11.1 Å². The van der Waals surface area contributed by atoms with Crippen LogP contribution >= 0.6 is 0 Å². The maximum atomic E-state index is 12.7. The van der Waals surface area contributed by atoms with Crippen LogP contribution in [-0.4, -0.2) is 11.8 Å². The van der Waals surface area contributed by atoms with Crippen molar-refractivity contribution in [1.29, 1.82) is 0 Å². The standard InChI is InChI=1S/C18H29NO/c1-6-7-11-14(2)16(17(20)18(3,4)5)19-15-12-9-8-10-13-15/h8-10,12-14,16,19H,6-7,11H2,1-5H3/t14-,16-/m0/s1. The molecule has 0 radical (unpaired) electrons. The van der Waals surface area contributed by atoms with Gasteiger partial charge in [-0.2, -0.15) is 0 Å². The lowest BCUT2D eigenvalue weighted by molar-refractivity contribution is -0.128. The lowest BCUT2D eigenvalue weighted by atomic mass is 9.80. The molecule has 0 aliphatic heterocycles. The van der Waals surface area contributed by atoms with Crippen LogP contribution in [0, 0.1) is 11.3 Å². The van der Waals surface area contributed by atoms with E-state index in [-0.39, 0.29) is 11.5 Å². The Morgan fingerprint density at radius 2 is 1.80 bits per heavy atom. The quantitative estimate of drug-likeness (QED) is 0.766. The summed E-state index contributed by atoms with van der Waals surface area (Å²) in [6.45, 7) is 10.4. The van der Waals surface area contributed by atoms with Crippen molar-refractivity contribution < 1.29 is 4.79 Å². The highest BCUT2D eigenvalue weighted by Crippen LogP contribution is 2.25. The predicted molar refractivity (Wildman–Crippen MR) is 87.0 cm³/mol. The van der Waals surface area contributed by atoms with Crippen LogP contribution in [-0.2, 0) is 4.79 Å². The lowest BCUT2D eigenvalue weighted by Gasteiger charge is -2.30. The number of carbonyl (C=O) groups is 1. The fraction of sp³-hybridized carbons (Fsp3) is 0.611. The number of carbonyl (C=O) groups excluding carboxylic acids is 1. The van der Waals surface area contributed by atoms with Crippen molar-refractivity contribution in [3.8, 4) is 0 Å². The number of para-hydroxylation sites is 1. The number of ketones is 1. The van der Waals surface area contributed by atoms with Gasteiger partial charge in [-0.15, -0.1) is 0 Å². The molecule has 0 saturated heterocycles. The van der Waals surface area contributed by atoms with Gasteiger partial charge in [-0.1, -0.05) is 65.7 Å². The second-order valence-electron chi connectivity index (χ2n) is 6.72. The van der Waals surface area contributed by atoms with E-state index in [4.69, 9.17) is 0 Å².